The summed E-state index contributed by atoms with van der Waals surface area (Å²) >= 11 is 6.36. The first kappa shape index (κ1) is 18.9. The van der Waals surface area contributed by atoms with E-state index in [0.29, 0.717) is 48.4 Å². The molecule has 0 unspecified atom stereocenters. The van der Waals surface area contributed by atoms with Gasteiger partial charge in [0.15, 0.2) is 11.5 Å². The number of nitrogens with two attached hydrogens (primary N) is 1. The molecule has 0 saturated carbocycles. The van der Waals surface area contributed by atoms with Crippen LogP contribution in [0.25, 0.3) is 0 Å². The highest BCUT2D eigenvalue weighted by Crippen LogP contribution is 2.37. The Labute approximate surface area is 149 Å². The highest BCUT2D eigenvalue weighted by molar-refractivity contribution is 6.32. The van der Waals surface area contributed by atoms with Crippen LogP contribution in [0, 0.1) is 0 Å². The molecule has 2 rings (SSSR count). The Kier molecular flexibility index (Phi) is 7.18. The van der Waals surface area contributed by atoms with Gasteiger partial charge in [0.1, 0.15) is 0 Å². The standard InChI is InChI=1S/C18H27ClN2O3/c1-3-5-10-24-17-15(19)11-13(12-16(17)23-4-2)18(22)21-8-6-14(20)7-9-21/h11-12,14H,3-10,20H2,1-2H3. The third kappa shape index (κ3) is 4.77. The SMILES string of the molecule is CCCCOc1c(Cl)cc(C(=O)N2CCC(N)CC2)cc1OCC. The van der Waals surface area contributed by atoms with Crippen LogP contribution in [0.5, 0.6) is 11.5 Å². The highest BCUT2D eigenvalue weighted by atomic mass is 35.5. The fourth-order valence-electron chi connectivity index (χ4n) is 2.70. The van der Waals surface area contributed by atoms with Crippen molar-refractivity contribution >= 4 is 17.5 Å². The Bertz CT molecular complexity index is 557. The molecule has 1 aliphatic heterocycles. The van der Waals surface area contributed by atoms with Gasteiger partial charge >= 0.3 is 0 Å². The van der Waals surface area contributed by atoms with Gasteiger partial charge in [-0.3, -0.25) is 4.79 Å². The maximum Gasteiger partial charge on any atom is 0.254 e. The van der Waals surface area contributed by atoms with Crippen molar-refractivity contribution in [1.29, 1.82) is 0 Å². The van der Waals surface area contributed by atoms with Crippen molar-refractivity contribution in [2.45, 2.75) is 45.6 Å². The van der Waals surface area contributed by atoms with E-state index in [9.17, 15) is 4.79 Å². The van der Waals surface area contributed by atoms with Gasteiger partial charge in [-0.15, -0.1) is 0 Å². The van der Waals surface area contributed by atoms with Gasteiger partial charge < -0.3 is 20.1 Å². The van der Waals surface area contributed by atoms with Crippen LogP contribution in [0.3, 0.4) is 0 Å². The van der Waals surface area contributed by atoms with Crippen molar-refractivity contribution in [1.82, 2.24) is 4.90 Å². The minimum absolute atomic E-state index is 0.0372. The molecular formula is C18H27ClN2O3. The van der Waals surface area contributed by atoms with Crippen LogP contribution in [0.15, 0.2) is 12.1 Å². The Morgan fingerprint density at radius 3 is 2.62 bits per heavy atom. The number of carbonyl (C=O) groups is 1. The second kappa shape index (κ2) is 9.14. The molecular weight excluding hydrogens is 328 g/mol. The minimum atomic E-state index is -0.0372. The molecule has 0 atom stereocenters. The monoisotopic (exact) mass is 354 g/mol. The fourth-order valence-corrected chi connectivity index (χ4v) is 2.96. The first-order chi connectivity index (χ1) is 11.6. The lowest BCUT2D eigenvalue weighted by Gasteiger charge is -2.30. The molecule has 5 nitrogen and oxygen atoms in total. The number of nitrogens with zero attached hydrogens (tertiary/aromatic N) is 1. The van der Waals surface area contributed by atoms with Gasteiger partial charge in [0, 0.05) is 24.7 Å². The molecule has 6 heteroatoms. The molecule has 24 heavy (non-hydrogen) atoms. The lowest BCUT2D eigenvalue weighted by Crippen LogP contribution is -2.42. The molecule has 0 bridgehead atoms. The van der Waals surface area contributed by atoms with Gasteiger partial charge in [-0.1, -0.05) is 24.9 Å². The first-order valence-electron chi connectivity index (χ1n) is 8.70. The summed E-state index contributed by atoms with van der Waals surface area (Å²) in [5.41, 5.74) is 6.44. The maximum absolute atomic E-state index is 12.7. The lowest BCUT2D eigenvalue weighted by molar-refractivity contribution is 0.0714. The third-order valence-corrected chi connectivity index (χ3v) is 4.41. The van der Waals surface area contributed by atoms with E-state index in [1.54, 1.807) is 12.1 Å². The number of piperidine rings is 1. The van der Waals surface area contributed by atoms with Crippen molar-refractivity contribution in [3.63, 3.8) is 0 Å². The second-order valence-electron chi connectivity index (χ2n) is 6.05. The molecule has 1 amide bonds. The average molecular weight is 355 g/mol. The molecule has 1 saturated heterocycles. The van der Waals surface area contributed by atoms with E-state index in [2.05, 4.69) is 6.92 Å². The van der Waals surface area contributed by atoms with Crippen molar-refractivity contribution in [3.05, 3.63) is 22.7 Å². The molecule has 1 aromatic carbocycles. The van der Waals surface area contributed by atoms with Crippen molar-refractivity contribution < 1.29 is 14.3 Å². The normalized spacial score (nSPS) is 15.4. The molecule has 1 fully saturated rings. The molecule has 0 aliphatic carbocycles. The van der Waals surface area contributed by atoms with Gasteiger partial charge in [0.05, 0.1) is 18.2 Å². The van der Waals surface area contributed by atoms with Crippen molar-refractivity contribution in [3.8, 4) is 11.5 Å². The van der Waals surface area contributed by atoms with Crippen LogP contribution in [-0.4, -0.2) is 43.2 Å². The predicted octanol–water partition coefficient (Wildman–Crippen LogP) is 3.48. The zero-order valence-corrected chi connectivity index (χ0v) is 15.3. The van der Waals surface area contributed by atoms with Crippen LogP contribution in [0.4, 0.5) is 0 Å². The molecule has 1 heterocycles. The smallest absolute Gasteiger partial charge is 0.254 e. The Hall–Kier alpha value is -1.46. The van der Waals surface area contributed by atoms with E-state index < -0.39 is 0 Å². The topological polar surface area (TPSA) is 64.8 Å². The Balaban J connectivity index is 2.19. The van der Waals surface area contributed by atoms with Gasteiger partial charge in [0.2, 0.25) is 0 Å². The minimum Gasteiger partial charge on any atom is -0.490 e. The summed E-state index contributed by atoms with van der Waals surface area (Å²) in [5, 5.41) is 0.411. The van der Waals surface area contributed by atoms with E-state index in [1.165, 1.54) is 0 Å². The van der Waals surface area contributed by atoms with Gasteiger partial charge in [-0.25, -0.2) is 0 Å². The number of halogens is 1. The number of rotatable bonds is 7. The number of unbranched alkanes of at least 4 members (excludes halogenated alkanes) is 1. The average Bonchev–Trinajstić information content (AvgIpc) is 2.57. The van der Waals surface area contributed by atoms with Crippen molar-refractivity contribution in [2.24, 2.45) is 5.73 Å². The number of hydrogen-bond donors (Lipinski definition) is 1. The Morgan fingerprint density at radius 1 is 1.29 bits per heavy atom. The number of benzene rings is 1. The summed E-state index contributed by atoms with van der Waals surface area (Å²) in [4.78, 5) is 14.5. The summed E-state index contributed by atoms with van der Waals surface area (Å²) in [6.45, 7) is 6.40. The summed E-state index contributed by atoms with van der Waals surface area (Å²) in [5.74, 6) is 1.01. The molecule has 1 aromatic rings. The summed E-state index contributed by atoms with van der Waals surface area (Å²) in [6.07, 6.45) is 3.64. The zero-order chi connectivity index (χ0) is 17.5. The van der Waals surface area contributed by atoms with E-state index in [1.807, 2.05) is 11.8 Å². The number of likely N-dealkylation sites (tertiary alicyclic amines) is 1. The highest BCUT2D eigenvalue weighted by Gasteiger charge is 2.24. The zero-order valence-electron chi connectivity index (χ0n) is 14.5. The summed E-state index contributed by atoms with van der Waals surface area (Å²) in [6, 6.07) is 3.58. The van der Waals surface area contributed by atoms with Crippen LogP contribution < -0.4 is 15.2 Å². The van der Waals surface area contributed by atoms with Crippen LogP contribution in [-0.2, 0) is 0 Å². The predicted molar refractivity (Wildman–Crippen MR) is 96.1 cm³/mol. The largest absolute Gasteiger partial charge is 0.490 e. The van der Waals surface area contributed by atoms with Gasteiger partial charge in [-0.2, -0.15) is 0 Å². The lowest BCUT2D eigenvalue weighted by atomic mass is 10.0. The molecule has 0 aromatic heterocycles. The van der Waals surface area contributed by atoms with Crippen LogP contribution >= 0.6 is 11.6 Å². The fraction of sp³-hybridized carbons (Fsp3) is 0.611. The Morgan fingerprint density at radius 2 is 2.00 bits per heavy atom. The van der Waals surface area contributed by atoms with E-state index in [0.717, 1.165) is 25.7 Å². The van der Waals surface area contributed by atoms with Crippen LogP contribution in [0.1, 0.15) is 49.9 Å². The van der Waals surface area contributed by atoms with E-state index in [4.69, 9.17) is 26.8 Å². The molecule has 0 radical (unpaired) electrons. The quantitative estimate of drug-likeness (QED) is 0.761. The number of ether oxygens (including phenoxy) is 2. The van der Waals surface area contributed by atoms with Crippen molar-refractivity contribution in [2.75, 3.05) is 26.3 Å². The van der Waals surface area contributed by atoms with Crippen LogP contribution in [0.2, 0.25) is 5.02 Å². The third-order valence-electron chi connectivity index (χ3n) is 4.13. The van der Waals surface area contributed by atoms with E-state index in [-0.39, 0.29) is 11.9 Å². The summed E-state index contributed by atoms with van der Waals surface area (Å²) in [7, 11) is 0. The second-order valence-corrected chi connectivity index (χ2v) is 6.46. The van der Waals surface area contributed by atoms with Gasteiger partial charge in [-0.05, 0) is 38.3 Å². The summed E-state index contributed by atoms with van der Waals surface area (Å²) < 4.78 is 11.4. The molecule has 0 spiro atoms. The molecule has 134 valence electrons. The maximum atomic E-state index is 12.7. The number of hydrogen-bond acceptors (Lipinski definition) is 4. The number of carbonyl (C=O) groups excluding carboxylic acids is 1. The number of amides is 1. The van der Waals surface area contributed by atoms with E-state index >= 15 is 0 Å². The van der Waals surface area contributed by atoms with Gasteiger partial charge in [0.25, 0.3) is 5.91 Å². The molecule has 2 N–H and O–H groups in total. The first-order valence-corrected chi connectivity index (χ1v) is 9.08. The molecule has 1 aliphatic rings.